The average Bonchev–Trinajstić information content (AvgIpc) is 2.63. The molecule has 0 heterocycles. The molecule has 0 aliphatic heterocycles. The van der Waals surface area contributed by atoms with Crippen LogP contribution in [-0.4, -0.2) is 11.2 Å². The molecule has 1 nitrogen and oxygen atoms in total. The number of nitrogens with zero attached hydrogens (tertiary/aromatic N) is 1. The SMILES string of the molecule is CC1CCC(C2CCC(C#CC3CCC(N=C=S)CC3)CC2)CC1. The summed E-state index contributed by atoms with van der Waals surface area (Å²) in [6, 6.07) is 0.425. The molecule has 0 amide bonds. The van der Waals surface area contributed by atoms with Gasteiger partial charge >= 0.3 is 0 Å². The number of rotatable bonds is 2. The number of isothiocyanates is 1. The van der Waals surface area contributed by atoms with Crippen LogP contribution >= 0.6 is 12.2 Å². The molecule has 3 aliphatic rings. The highest BCUT2D eigenvalue weighted by Crippen LogP contribution is 2.41. The first kappa shape index (κ1) is 18.2. The topological polar surface area (TPSA) is 12.4 Å². The summed E-state index contributed by atoms with van der Waals surface area (Å²) in [5, 5.41) is 2.54. The van der Waals surface area contributed by atoms with Crippen molar-refractivity contribution >= 4 is 17.4 Å². The maximum absolute atomic E-state index is 4.72. The third kappa shape index (κ3) is 5.18. The van der Waals surface area contributed by atoms with Gasteiger partial charge in [0.2, 0.25) is 0 Å². The maximum atomic E-state index is 4.72. The van der Waals surface area contributed by atoms with E-state index < -0.39 is 0 Å². The van der Waals surface area contributed by atoms with E-state index in [1.54, 1.807) is 0 Å². The Bertz CT molecular complexity index is 486. The van der Waals surface area contributed by atoms with Gasteiger partial charge in [0.25, 0.3) is 0 Å². The van der Waals surface area contributed by atoms with Crippen LogP contribution in [0.4, 0.5) is 0 Å². The molecular formula is C22H33NS. The second kappa shape index (κ2) is 9.17. The molecule has 132 valence electrons. The molecule has 3 rings (SSSR count). The first-order valence-corrected chi connectivity index (χ1v) is 10.7. The molecule has 3 saturated carbocycles. The Labute approximate surface area is 154 Å². The van der Waals surface area contributed by atoms with E-state index in [4.69, 9.17) is 12.2 Å². The van der Waals surface area contributed by atoms with E-state index in [0.29, 0.717) is 17.9 Å². The van der Waals surface area contributed by atoms with E-state index in [1.807, 2.05) is 0 Å². The lowest BCUT2D eigenvalue weighted by Gasteiger charge is -2.36. The van der Waals surface area contributed by atoms with Crippen LogP contribution in [0, 0.1) is 41.4 Å². The van der Waals surface area contributed by atoms with Crippen LogP contribution in [0.3, 0.4) is 0 Å². The lowest BCUT2D eigenvalue weighted by Crippen LogP contribution is -2.25. The van der Waals surface area contributed by atoms with E-state index in [1.165, 1.54) is 64.2 Å². The Kier molecular flexibility index (Phi) is 6.94. The predicted octanol–water partition coefficient (Wildman–Crippen LogP) is 6.28. The third-order valence-corrected chi connectivity index (χ3v) is 7.03. The van der Waals surface area contributed by atoms with Gasteiger partial charge in [-0.05, 0) is 94.2 Å². The Hall–Kier alpha value is -0.640. The summed E-state index contributed by atoms with van der Waals surface area (Å²) >= 11 is 4.72. The zero-order chi connectivity index (χ0) is 16.8. The summed E-state index contributed by atoms with van der Waals surface area (Å²) in [7, 11) is 0. The van der Waals surface area contributed by atoms with Crippen molar-refractivity contribution in [3.05, 3.63) is 0 Å². The number of aliphatic imine (C=N–C) groups is 1. The van der Waals surface area contributed by atoms with Crippen molar-refractivity contribution in [2.75, 3.05) is 0 Å². The maximum Gasteiger partial charge on any atom is 0.0603 e. The van der Waals surface area contributed by atoms with Crippen molar-refractivity contribution in [3.63, 3.8) is 0 Å². The van der Waals surface area contributed by atoms with Crippen molar-refractivity contribution in [2.24, 2.45) is 34.6 Å². The fourth-order valence-electron chi connectivity index (χ4n) is 5.15. The smallest absolute Gasteiger partial charge is 0.0603 e. The third-order valence-electron chi connectivity index (χ3n) is 6.92. The zero-order valence-corrected chi connectivity index (χ0v) is 16.1. The first-order valence-electron chi connectivity index (χ1n) is 10.3. The Morgan fingerprint density at radius 2 is 1.12 bits per heavy atom. The minimum Gasteiger partial charge on any atom is -0.229 e. The molecule has 0 aromatic carbocycles. The molecule has 0 radical (unpaired) electrons. The Morgan fingerprint density at radius 1 is 0.667 bits per heavy atom. The lowest BCUT2D eigenvalue weighted by molar-refractivity contribution is 0.162. The van der Waals surface area contributed by atoms with Crippen molar-refractivity contribution in [2.45, 2.75) is 90.0 Å². The van der Waals surface area contributed by atoms with Gasteiger partial charge in [-0.3, -0.25) is 0 Å². The number of hydrogen-bond acceptors (Lipinski definition) is 2. The Balaban J connectivity index is 1.39. The average molecular weight is 344 g/mol. The van der Waals surface area contributed by atoms with E-state index >= 15 is 0 Å². The normalized spacial score (nSPS) is 40.0. The van der Waals surface area contributed by atoms with E-state index in [9.17, 15) is 0 Å². The van der Waals surface area contributed by atoms with Crippen LogP contribution in [0.1, 0.15) is 84.0 Å². The predicted molar refractivity (Wildman–Crippen MR) is 105 cm³/mol. The monoisotopic (exact) mass is 343 g/mol. The van der Waals surface area contributed by atoms with Gasteiger partial charge in [-0.2, -0.15) is 0 Å². The molecule has 24 heavy (non-hydrogen) atoms. The second-order valence-electron chi connectivity index (χ2n) is 8.65. The quantitative estimate of drug-likeness (QED) is 0.326. The van der Waals surface area contributed by atoms with Gasteiger partial charge in [0, 0.05) is 11.8 Å². The summed E-state index contributed by atoms with van der Waals surface area (Å²) in [6.45, 7) is 2.43. The fourth-order valence-corrected chi connectivity index (χ4v) is 5.30. The van der Waals surface area contributed by atoms with Gasteiger partial charge in [-0.15, -0.1) is 0 Å². The zero-order valence-electron chi connectivity index (χ0n) is 15.3. The largest absolute Gasteiger partial charge is 0.229 e. The van der Waals surface area contributed by atoms with E-state index in [-0.39, 0.29) is 0 Å². The summed E-state index contributed by atoms with van der Waals surface area (Å²) in [6.07, 6.45) is 16.2. The number of hydrogen-bond donors (Lipinski definition) is 0. The van der Waals surface area contributed by atoms with Crippen LogP contribution in [-0.2, 0) is 0 Å². The van der Waals surface area contributed by atoms with E-state index in [2.05, 4.69) is 28.9 Å². The van der Waals surface area contributed by atoms with Crippen LogP contribution in [0.5, 0.6) is 0 Å². The minimum atomic E-state index is 0.425. The summed E-state index contributed by atoms with van der Waals surface area (Å²) < 4.78 is 0. The van der Waals surface area contributed by atoms with Gasteiger partial charge in [-0.25, -0.2) is 4.99 Å². The molecule has 0 unspecified atom stereocenters. The van der Waals surface area contributed by atoms with Gasteiger partial charge in [0.1, 0.15) is 0 Å². The van der Waals surface area contributed by atoms with Gasteiger partial charge in [0.05, 0.1) is 11.2 Å². The summed E-state index contributed by atoms with van der Waals surface area (Å²) in [5.74, 6) is 11.6. The fraction of sp³-hybridized carbons (Fsp3) is 0.864. The lowest BCUT2D eigenvalue weighted by atomic mass is 9.69. The standard InChI is InChI=1S/C22H33NS/c1-17-2-10-20(11-3-17)21-12-6-18(7-13-21)4-5-19-8-14-22(15-9-19)23-16-24/h17-22H,2-3,6-15H2,1H3. The van der Waals surface area contributed by atoms with Crippen LogP contribution in [0.25, 0.3) is 0 Å². The molecule has 0 spiro atoms. The van der Waals surface area contributed by atoms with Crippen LogP contribution in [0.2, 0.25) is 0 Å². The molecule has 0 saturated heterocycles. The van der Waals surface area contributed by atoms with Crippen molar-refractivity contribution < 1.29 is 0 Å². The summed E-state index contributed by atoms with van der Waals surface area (Å²) in [4.78, 5) is 4.24. The molecule has 0 bridgehead atoms. The van der Waals surface area contributed by atoms with Crippen LogP contribution < -0.4 is 0 Å². The molecule has 0 N–H and O–H groups in total. The molecule has 3 fully saturated rings. The number of thiocarbonyl (C=S) groups is 1. The van der Waals surface area contributed by atoms with Gasteiger partial charge in [-0.1, -0.05) is 31.6 Å². The highest BCUT2D eigenvalue weighted by Gasteiger charge is 2.29. The van der Waals surface area contributed by atoms with Gasteiger partial charge in [0.15, 0.2) is 0 Å². The molecule has 3 aliphatic carbocycles. The van der Waals surface area contributed by atoms with Crippen LogP contribution in [0.15, 0.2) is 4.99 Å². The van der Waals surface area contributed by atoms with Crippen molar-refractivity contribution in [3.8, 4) is 11.8 Å². The molecular weight excluding hydrogens is 310 g/mol. The van der Waals surface area contributed by atoms with Gasteiger partial charge < -0.3 is 0 Å². The van der Waals surface area contributed by atoms with E-state index in [0.717, 1.165) is 30.6 Å². The molecule has 0 aromatic heterocycles. The second-order valence-corrected chi connectivity index (χ2v) is 8.83. The summed E-state index contributed by atoms with van der Waals surface area (Å²) in [5.41, 5.74) is 0. The Morgan fingerprint density at radius 3 is 1.62 bits per heavy atom. The van der Waals surface area contributed by atoms with Crippen molar-refractivity contribution in [1.29, 1.82) is 0 Å². The highest BCUT2D eigenvalue weighted by molar-refractivity contribution is 7.78. The van der Waals surface area contributed by atoms with Crippen molar-refractivity contribution in [1.82, 2.24) is 0 Å². The molecule has 2 heteroatoms. The minimum absolute atomic E-state index is 0.425. The molecule has 0 atom stereocenters. The molecule has 0 aromatic rings. The highest BCUT2D eigenvalue weighted by atomic mass is 32.1. The first-order chi connectivity index (χ1) is 11.7.